The second-order valence-corrected chi connectivity index (χ2v) is 8.27. The van der Waals surface area contributed by atoms with Crippen molar-refractivity contribution in [2.45, 2.75) is 30.6 Å². The van der Waals surface area contributed by atoms with Crippen molar-refractivity contribution in [3.05, 3.63) is 48.2 Å². The predicted octanol–water partition coefficient (Wildman–Crippen LogP) is 2.80. The zero-order valence-electron chi connectivity index (χ0n) is 12.9. The highest BCUT2D eigenvalue weighted by atomic mass is 32.2. The lowest BCUT2D eigenvalue weighted by molar-refractivity contribution is 0.0312. The Bertz CT molecular complexity index is 795. The summed E-state index contributed by atoms with van der Waals surface area (Å²) in [6.45, 7) is 0. The number of hydrogen-bond donors (Lipinski definition) is 1. The third-order valence-corrected chi connectivity index (χ3v) is 5.85. The number of nitrogens with one attached hydrogen (secondary N) is 1. The summed E-state index contributed by atoms with van der Waals surface area (Å²) in [6.07, 6.45) is 2.44. The number of esters is 1. The minimum absolute atomic E-state index is 0.328. The van der Waals surface area contributed by atoms with Crippen LogP contribution in [0.1, 0.15) is 29.8 Å². The van der Waals surface area contributed by atoms with E-state index in [2.05, 4.69) is 4.98 Å². The molecule has 1 aromatic heterocycles. The van der Waals surface area contributed by atoms with Crippen LogP contribution >= 0.6 is 0 Å². The van der Waals surface area contributed by atoms with Crippen LogP contribution in [-0.4, -0.2) is 37.0 Å². The fourth-order valence-electron chi connectivity index (χ4n) is 2.91. The molecule has 23 heavy (non-hydrogen) atoms. The summed E-state index contributed by atoms with van der Waals surface area (Å²) in [5.74, 6) is -0.439. The number of H-pyrrole nitrogens is 1. The number of benzene rings is 1. The first kappa shape index (κ1) is 15.8. The lowest BCUT2D eigenvalue weighted by Gasteiger charge is -2.11. The molecule has 5 nitrogen and oxygen atoms in total. The van der Waals surface area contributed by atoms with E-state index < -0.39 is 21.1 Å². The molecule has 1 N–H and O–H groups in total. The maximum absolute atomic E-state index is 12.2. The molecule has 122 valence electrons. The molecule has 0 unspecified atom stereocenters. The molecule has 0 spiro atoms. The van der Waals surface area contributed by atoms with Crippen molar-refractivity contribution in [3.63, 3.8) is 0 Å². The van der Waals surface area contributed by atoms with E-state index in [1.54, 1.807) is 6.07 Å². The average Bonchev–Trinajstić information content (AvgIpc) is 3.16. The van der Waals surface area contributed by atoms with Crippen LogP contribution < -0.4 is 0 Å². The topological polar surface area (TPSA) is 76.2 Å². The number of carbonyl (C=O) groups is 1. The van der Waals surface area contributed by atoms with Gasteiger partial charge in [-0.05, 0) is 30.5 Å². The SMILES string of the molecule is CS(=O)(=O)[C@H]1CC[C@H](OC(=O)c2ccc(-c3ccccc3)[nH]2)C1. The van der Waals surface area contributed by atoms with Gasteiger partial charge in [0.15, 0.2) is 0 Å². The molecule has 3 rings (SSSR count). The maximum atomic E-state index is 12.2. The molecule has 0 aliphatic heterocycles. The molecule has 1 heterocycles. The lowest BCUT2D eigenvalue weighted by atomic mass is 10.2. The summed E-state index contributed by atoms with van der Waals surface area (Å²) in [5.41, 5.74) is 2.22. The standard InChI is InChI=1S/C17H19NO4S/c1-23(20,21)14-8-7-13(11-14)22-17(19)16-10-9-15(18-16)12-5-3-2-4-6-12/h2-6,9-10,13-14,18H,7-8,11H2,1H3/t13-,14-/m0/s1. The van der Waals surface area contributed by atoms with Gasteiger partial charge in [-0.3, -0.25) is 0 Å². The van der Waals surface area contributed by atoms with Crippen molar-refractivity contribution in [2.75, 3.05) is 6.26 Å². The molecule has 6 heteroatoms. The zero-order valence-corrected chi connectivity index (χ0v) is 13.7. The fourth-order valence-corrected chi connectivity index (χ4v) is 4.04. The number of hydrogen-bond acceptors (Lipinski definition) is 4. The van der Waals surface area contributed by atoms with Gasteiger partial charge in [-0.25, -0.2) is 13.2 Å². The minimum atomic E-state index is -3.07. The van der Waals surface area contributed by atoms with Crippen LogP contribution in [0.2, 0.25) is 0 Å². The molecule has 0 saturated heterocycles. The van der Waals surface area contributed by atoms with Crippen LogP contribution in [0.15, 0.2) is 42.5 Å². The third-order valence-electron chi connectivity index (χ3n) is 4.21. The molecule has 2 atom stereocenters. The summed E-state index contributed by atoms with van der Waals surface area (Å²) in [6, 6.07) is 13.2. The highest BCUT2D eigenvalue weighted by molar-refractivity contribution is 7.91. The van der Waals surface area contributed by atoms with Gasteiger partial charge in [-0.2, -0.15) is 0 Å². The fraction of sp³-hybridized carbons (Fsp3) is 0.353. The Morgan fingerprint density at radius 1 is 1.13 bits per heavy atom. The molecule has 1 aliphatic carbocycles. The van der Waals surface area contributed by atoms with Gasteiger partial charge in [0, 0.05) is 18.4 Å². The number of ether oxygens (including phenoxy) is 1. The Morgan fingerprint density at radius 2 is 1.87 bits per heavy atom. The Balaban J connectivity index is 1.65. The van der Waals surface area contributed by atoms with E-state index in [4.69, 9.17) is 4.74 Å². The van der Waals surface area contributed by atoms with E-state index in [1.807, 2.05) is 36.4 Å². The maximum Gasteiger partial charge on any atom is 0.355 e. The molecule has 0 radical (unpaired) electrons. The molecule has 2 aromatic rings. The van der Waals surface area contributed by atoms with E-state index in [1.165, 1.54) is 6.26 Å². The molecular weight excluding hydrogens is 314 g/mol. The number of aromatic amines is 1. The summed E-state index contributed by atoms with van der Waals surface area (Å²) in [4.78, 5) is 15.3. The van der Waals surface area contributed by atoms with Crippen LogP contribution in [0.5, 0.6) is 0 Å². The third kappa shape index (κ3) is 3.64. The largest absolute Gasteiger partial charge is 0.458 e. The first-order chi connectivity index (χ1) is 10.9. The summed E-state index contributed by atoms with van der Waals surface area (Å²) < 4.78 is 28.5. The number of aromatic nitrogens is 1. The van der Waals surface area contributed by atoms with Crippen molar-refractivity contribution >= 4 is 15.8 Å². The van der Waals surface area contributed by atoms with E-state index >= 15 is 0 Å². The number of carbonyl (C=O) groups excluding carboxylic acids is 1. The Labute approximate surface area is 135 Å². The van der Waals surface area contributed by atoms with Crippen molar-refractivity contribution in [3.8, 4) is 11.3 Å². The van der Waals surface area contributed by atoms with Crippen molar-refractivity contribution in [2.24, 2.45) is 0 Å². The molecule has 0 amide bonds. The molecular formula is C17H19NO4S. The van der Waals surface area contributed by atoms with Crippen LogP contribution in [0.4, 0.5) is 0 Å². The molecule has 1 fully saturated rings. The lowest BCUT2D eigenvalue weighted by Crippen LogP contribution is -2.20. The van der Waals surface area contributed by atoms with Crippen LogP contribution in [0.3, 0.4) is 0 Å². The minimum Gasteiger partial charge on any atom is -0.458 e. The Morgan fingerprint density at radius 3 is 2.52 bits per heavy atom. The van der Waals surface area contributed by atoms with Gasteiger partial charge in [0.2, 0.25) is 0 Å². The monoisotopic (exact) mass is 333 g/mol. The van der Waals surface area contributed by atoms with Crippen LogP contribution in [0, 0.1) is 0 Å². The van der Waals surface area contributed by atoms with Gasteiger partial charge in [0.25, 0.3) is 0 Å². The zero-order chi connectivity index (χ0) is 16.4. The van der Waals surface area contributed by atoms with Crippen molar-refractivity contribution in [1.82, 2.24) is 4.98 Å². The van der Waals surface area contributed by atoms with Gasteiger partial charge in [0.1, 0.15) is 21.6 Å². The van der Waals surface area contributed by atoms with Crippen LogP contribution in [-0.2, 0) is 14.6 Å². The van der Waals surface area contributed by atoms with Gasteiger partial charge in [-0.1, -0.05) is 30.3 Å². The summed E-state index contributed by atoms with van der Waals surface area (Å²) in [5, 5.41) is -0.399. The van der Waals surface area contributed by atoms with Crippen molar-refractivity contribution in [1.29, 1.82) is 0 Å². The molecule has 1 aliphatic rings. The van der Waals surface area contributed by atoms with Gasteiger partial charge < -0.3 is 9.72 Å². The predicted molar refractivity (Wildman–Crippen MR) is 87.9 cm³/mol. The van der Waals surface area contributed by atoms with E-state index in [0.717, 1.165) is 11.3 Å². The summed E-state index contributed by atoms with van der Waals surface area (Å²) >= 11 is 0. The second-order valence-electron chi connectivity index (χ2n) is 5.94. The first-order valence-electron chi connectivity index (χ1n) is 7.58. The van der Waals surface area contributed by atoms with Crippen molar-refractivity contribution < 1.29 is 17.9 Å². The highest BCUT2D eigenvalue weighted by Gasteiger charge is 2.33. The molecule has 1 aromatic carbocycles. The highest BCUT2D eigenvalue weighted by Crippen LogP contribution is 2.28. The second kappa shape index (κ2) is 6.20. The van der Waals surface area contributed by atoms with Gasteiger partial charge in [-0.15, -0.1) is 0 Å². The van der Waals surface area contributed by atoms with E-state index in [9.17, 15) is 13.2 Å². The van der Waals surface area contributed by atoms with E-state index in [-0.39, 0.29) is 6.10 Å². The smallest absolute Gasteiger partial charge is 0.355 e. The van der Waals surface area contributed by atoms with Crippen LogP contribution in [0.25, 0.3) is 11.3 Å². The summed E-state index contributed by atoms with van der Waals surface area (Å²) in [7, 11) is -3.07. The Hall–Kier alpha value is -2.08. The average molecular weight is 333 g/mol. The Kier molecular flexibility index (Phi) is 4.26. The van der Waals surface area contributed by atoms with Gasteiger partial charge in [0.05, 0.1) is 5.25 Å². The van der Waals surface area contributed by atoms with Gasteiger partial charge >= 0.3 is 5.97 Å². The quantitative estimate of drug-likeness (QED) is 0.873. The molecule has 1 saturated carbocycles. The van der Waals surface area contributed by atoms with E-state index in [0.29, 0.717) is 25.0 Å². The number of rotatable bonds is 4. The number of sulfone groups is 1. The first-order valence-corrected chi connectivity index (χ1v) is 9.53. The normalized spacial score (nSPS) is 21.3. The molecule has 0 bridgehead atoms.